The highest BCUT2D eigenvalue weighted by Crippen LogP contribution is 2.35. The van der Waals surface area contributed by atoms with E-state index in [2.05, 4.69) is 15.0 Å². The number of nitrogens with two attached hydrogens (primary N) is 1. The Morgan fingerprint density at radius 2 is 2.04 bits per heavy atom. The second-order valence-corrected chi connectivity index (χ2v) is 6.72. The Hall–Kier alpha value is -3.61. The smallest absolute Gasteiger partial charge is 0.220 e. The molecule has 28 heavy (non-hydrogen) atoms. The predicted octanol–water partition coefficient (Wildman–Crippen LogP) is 3.59. The minimum absolute atomic E-state index is 0.0464. The van der Waals surface area contributed by atoms with E-state index in [9.17, 15) is 0 Å². The summed E-state index contributed by atoms with van der Waals surface area (Å²) in [7, 11) is 1.66. The van der Waals surface area contributed by atoms with Crippen LogP contribution in [0, 0.1) is 0 Å². The summed E-state index contributed by atoms with van der Waals surface area (Å²) in [4.78, 5) is 12.9. The van der Waals surface area contributed by atoms with Gasteiger partial charge in [-0.2, -0.15) is 0 Å². The number of hydrogen-bond donors (Lipinski definition) is 1. The highest BCUT2D eigenvalue weighted by molar-refractivity contribution is 5.79. The summed E-state index contributed by atoms with van der Waals surface area (Å²) in [5.41, 5.74) is 9.94. The van der Waals surface area contributed by atoms with Crippen LogP contribution in [-0.4, -0.2) is 28.7 Å². The lowest BCUT2D eigenvalue weighted by atomic mass is 9.96. The Morgan fingerprint density at radius 3 is 2.89 bits per heavy atom. The van der Waals surface area contributed by atoms with Gasteiger partial charge in [-0.15, -0.1) is 0 Å². The lowest BCUT2D eigenvalue weighted by Crippen LogP contribution is -2.19. The van der Waals surface area contributed by atoms with Crippen LogP contribution in [0.5, 0.6) is 11.5 Å². The highest BCUT2D eigenvalue weighted by Gasteiger charge is 2.26. The summed E-state index contributed by atoms with van der Waals surface area (Å²) < 4.78 is 17.3. The summed E-state index contributed by atoms with van der Waals surface area (Å²) in [5, 5.41) is 0. The molecule has 1 aliphatic heterocycles. The van der Waals surface area contributed by atoms with Crippen molar-refractivity contribution in [1.29, 1.82) is 0 Å². The molecule has 3 heterocycles. The van der Waals surface area contributed by atoms with Crippen LogP contribution < -0.4 is 15.2 Å². The summed E-state index contributed by atoms with van der Waals surface area (Å²) >= 11 is 0. The molecule has 0 saturated carbocycles. The Labute approximate surface area is 161 Å². The highest BCUT2D eigenvalue weighted by atomic mass is 16.5. The van der Waals surface area contributed by atoms with Gasteiger partial charge in [0.25, 0.3) is 0 Å². The van der Waals surface area contributed by atoms with Gasteiger partial charge in [0.2, 0.25) is 11.8 Å². The molecule has 7 nitrogen and oxygen atoms in total. The minimum atomic E-state index is 0.0464. The van der Waals surface area contributed by atoms with E-state index in [1.807, 2.05) is 42.5 Å². The molecular formula is C21H18N4O3. The molecule has 0 unspecified atom stereocenters. The van der Waals surface area contributed by atoms with Crippen molar-refractivity contribution in [2.45, 2.75) is 12.3 Å². The van der Waals surface area contributed by atoms with E-state index in [1.54, 1.807) is 13.3 Å². The first-order valence-corrected chi connectivity index (χ1v) is 8.99. The number of benzene rings is 2. The zero-order valence-corrected chi connectivity index (χ0v) is 15.3. The van der Waals surface area contributed by atoms with Crippen LogP contribution in [-0.2, 0) is 6.42 Å². The number of aromatic nitrogens is 3. The average Bonchev–Trinajstić information content (AvgIpc) is 3.16. The van der Waals surface area contributed by atoms with Crippen molar-refractivity contribution in [2.75, 3.05) is 19.5 Å². The molecule has 0 aliphatic carbocycles. The zero-order chi connectivity index (χ0) is 19.1. The third-order valence-electron chi connectivity index (χ3n) is 4.90. The maximum absolute atomic E-state index is 6.07. The number of rotatable bonds is 3. The van der Waals surface area contributed by atoms with Crippen LogP contribution >= 0.6 is 0 Å². The van der Waals surface area contributed by atoms with Crippen LogP contribution in [0.15, 0.2) is 53.1 Å². The van der Waals surface area contributed by atoms with Gasteiger partial charge in [0, 0.05) is 11.8 Å². The van der Waals surface area contributed by atoms with Crippen LogP contribution in [0.25, 0.3) is 22.4 Å². The zero-order valence-electron chi connectivity index (χ0n) is 15.3. The number of nitrogen functional groups attached to an aromatic ring is 1. The lowest BCUT2D eigenvalue weighted by Gasteiger charge is -2.23. The number of oxazole rings is 1. The number of nitrogens with zero attached hydrogens (tertiary/aromatic N) is 3. The van der Waals surface area contributed by atoms with E-state index in [0.717, 1.165) is 40.3 Å². The Morgan fingerprint density at radius 1 is 1.11 bits per heavy atom. The van der Waals surface area contributed by atoms with E-state index in [0.29, 0.717) is 18.1 Å². The van der Waals surface area contributed by atoms with Gasteiger partial charge in [-0.3, -0.25) is 0 Å². The fourth-order valence-electron chi connectivity index (χ4n) is 3.47. The summed E-state index contributed by atoms with van der Waals surface area (Å²) in [6.07, 6.45) is 2.42. The molecule has 2 N–H and O–H groups in total. The van der Waals surface area contributed by atoms with E-state index >= 15 is 0 Å². The molecular weight excluding hydrogens is 356 g/mol. The van der Waals surface area contributed by atoms with Gasteiger partial charge in [-0.1, -0.05) is 6.07 Å². The molecule has 0 bridgehead atoms. The van der Waals surface area contributed by atoms with Gasteiger partial charge in [0.1, 0.15) is 23.6 Å². The molecule has 7 heteroatoms. The molecule has 1 aliphatic rings. The SMILES string of the molecule is COc1ccc2c(c1)C[C@H](c1nc3ccc(-c4ccnc(N)n4)cc3o1)CO2. The van der Waals surface area contributed by atoms with E-state index < -0.39 is 0 Å². The van der Waals surface area contributed by atoms with Crippen LogP contribution in [0.1, 0.15) is 17.4 Å². The average molecular weight is 374 g/mol. The second-order valence-electron chi connectivity index (χ2n) is 6.72. The van der Waals surface area contributed by atoms with Crippen LogP contribution in [0.2, 0.25) is 0 Å². The van der Waals surface area contributed by atoms with Crippen molar-refractivity contribution in [3.63, 3.8) is 0 Å². The molecule has 0 amide bonds. The Kier molecular flexibility index (Phi) is 3.86. The quantitative estimate of drug-likeness (QED) is 0.585. The molecule has 0 saturated heterocycles. The standard InChI is InChI=1S/C21H18N4O3/c1-26-15-3-5-18-13(9-15)8-14(11-27-18)20-24-17-4-2-12(10-19(17)28-20)16-6-7-23-21(22)25-16/h2-7,9-10,14H,8,11H2,1H3,(H2,22,23,25)/t14-/m0/s1. The molecule has 140 valence electrons. The van der Waals surface area contributed by atoms with Crippen molar-refractivity contribution >= 4 is 17.0 Å². The Balaban J connectivity index is 1.47. The summed E-state index contributed by atoms with van der Waals surface area (Å²) in [6, 6.07) is 13.5. The fourth-order valence-corrected chi connectivity index (χ4v) is 3.47. The Bertz CT molecular complexity index is 1170. The van der Waals surface area contributed by atoms with E-state index in [1.165, 1.54) is 0 Å². The normalized spacial score (nSPS) is 15.8. The first-order valence-electron chi connectivity index (χ1n) is 8.99. The van der Waals surface area contributed by atoms with Crippen LogP contribution in [0.4, 0.5) is 5.95 Å². The largest absolute Gasteiger partial charge is 0.497 e. The van der Waals surface area contributed by atoms with E-state index in [4.69, 9.17) is 19.6 Å². The van der Waals surface area contributed by atoms with Gasteiger partial charge in [-0.25, -0.2) is 15.0 Å². The van der Waals surface area contributed by atoms with Crippen molar-refractivity contribution in [3.8, 4) is 22.8 Å². The van der Waals surface area contributed by atoms with Gasteiger partial charge in [0.15, 0.2) is 5.58 Å². The molecule has 2 aromatic carbocycles. The third kappa shape index (κ3) is 2.90. The molecule has 2 aromatic heterocycles. The molecule has 1 atom stereocenters. The maximum atomic E-state index is 6.07. The van der Waals surface area contributed by atoms with Crippen molar-refractivity contribution in [2.24, 2.45) is 0 Å². The molecule has 4 aromatic rings. The first-order chi connectivity index (χ1) is 13.7. The summed E-state index contributed by atoms with van der Waals surface area (Å²) in [6.45, 7) is 0.529. The first kappa shape index (κ1) is 16.6. The molecule has 0 fully saturated rings. The number of hydrogen-bond acceptors (Lipinski definition) is 7. The van der Waals surface area contributed by atoms with Crippen molar-refractivity contribution in [1.82, 2.24) is 15.0 Å². The molecule has 0 radical (unpaired) electrons. The maximum Gasteiger partial charge on any atom is 0.220 e. The second kappa shape index (κ2) is 6.53. The van der Waals surface area contributed by atoms with Gasteiger partial charge in [-0.05, 0) is 48.4 Å². The number of ether oxygens (including phenoxy) is 2. The van der Waals surface area contributed by atoms with E-state index in [-0.39, 0.29) is 11.9 Å². The topological polar surface area (TPSA) is 96.3 Å². The minimum Gasteiger partial charge on any atom is -0.497 e. The van der Waals surface area contributed by atoms with Gasteiger partial charge in [0.05, 0.1) is 18.7 Å². The van der Waals surface area contributed by atoms with Crippen molar-refractivity contribution < 1.29 is 13.9 Å². The predicted molar refractivity (Wildman–Crippen MR) is 104 cm³/mol. The summed E-state index contributed by atoms with van der Waals surface area (Å²) in [5.74, 6) is 2.66. The number of anilines is 1. The van der Waals surface area contributed by atoms with Crippen molar-refractivity contribution in [3.05, 3.63) is 60.1 Å². The molecule has 5 rings (SSSR count). The van der Waals surface area contributed by atoms with Gasteiger partial charge < -0.3 is 19.6 Å². The van der Waals surface area contributed by atoms with Crippen LogP contribution in [0.3, 0.4) is 0 Å². The number of fused-ring (bicyclic) bond motifs is 2. The lowest BCUT2D eigenvalue weighted by molar-refractivity contribution is 0.243. The third-order valence-corrected chi connectivity index (χ3v) is 4.90. The fraction of sp³-hybridized carbons (Fsp3) is 0.190. The monoisotopic (exact) mass is 374 g/mol. The number of methoxy groups -OCH3 is 1. The molecule has 0 spiro atoms. The van der Waals surface area contributed by atoms with Gasteiger partial charge >= 0.3 is 0 Å².